The lowest BCUT2D eigenvalue weighted by Gasteiger charge is -2.06. The number of halogens is 2. The minimum Gasteiger partial charge on any atom is -0.352 e. The first-order valence-corrected chi connectivity index (χ1v) is 7.66. The van der Waals surface area contributed by atoms with Crippen molar-refractivity contribution in [2.45, 2.75) is 26.2 Å². The highest BCUT2D eigenvalue weighted by Crippen LogP contribution is 2.15. The second kappa shape index (κ2) is 7.88. The normalized spacial score (nSPS) is 10.3. The lowest BCUT2D eigenvalue weighted by atomic mass is 10.1. The number of alkyl halides is 1. The summed E-state index contributed by atoms with van der Waals surface area (Å²) >= 11 is 6.79. The predicted octanol–water partition coefficient (Wildman–Crippen LogP) is 4.05. The lowest BCUT2D eigenvalue weighted by Crippen LogP contribution is -2.24. The van der Waals surface area contributed by atoms with Crippen molar-refractivity contribution in [3.63, 3.8) is 0 Å². The summed E-state index contributed by atoms with van der Waals surface area (Å²) in [7, 11) is 0. The molecule has 0 aliphatic heterocycles. The molecule has 0 saturated carbocycles. The van der Waals surface area contributed by atoms with Crippen LogP contribution in [0.15, 0.2) is 22.7 Å². The molecule has 0 aliphatic carbocycles. The van der Waals surface area contributed by atoms with Crippen LogP contribution in [0, 0.1) is 6.92 Å². The van der Waals surface area contributed by atoms with E-state index in [1.165, 1.54) is 0 Å². The van der Waals surface area contributed by atoms with Crippen LogP contribution in [0.3, 0.4) is 0 Å². The Hall–Kier alpha value is -0.350. The van der Waals surface area contributed by atoms with Crippen molar-refractivity contribution in [2.24, 2.45) is 0 Å². The summed E-state index contributed by atoms with van der Waals surface area (Å²) in [5.41, 5.74) is 1.81. The van der Waals surface area contributed by atoms with Gasteiger partial charge in [-0.3, -0.25) is 4.79 Å². The number of carbonyl (C=O) groups is 1. The van der Waals surface area contributed by atoms with Gasteiger partial charge in [0.15, 0.2) is 0 Å². The van der Waals surface area contributed by atoms with Crippen LogP contribution in [0.5, 0.6) is 0 Å². The molecule has 0 unspecified atom stereocenters. The first-order chi connectivity index (χ1) is 8.13. The second-order valence-corrected chi connectivity index (χ2v) is 5.73. The number of benzene rings is 1. The third-order valence-corrected chi connectivity index (χ3v) is 3.42. The van der Waals surface area contributed by atoms with Gasteiger partial charge in [0.25, 0.3) is 5.91 Å². The number of rotatable bonds is 6. The standard InChI is InChI=1S/C13H17Br2NO/c1-10-7-11(9-12(15)8-10)13(17)16-6-4-2-3-5-14/h7-9H,2-6H2,1H3,(H,16,17). The Labute approximate surface area is 119 Å². The average Bonchev–Trinajstić information content (AvgIpc) is 2.27. The predicted molar refractivity (Wildman–Crippen MR) is 78.9 cm³/mol. The van der Waals surface area contributed by atoms with Gasteiger partial charge >= 0.3 is 0 Å². The van der Waals surface area contributed by atoms with Crippen molar-refractivity contribution in [3.05, 3.63) is 33.8 Å². The van der Waals surface area contributed by atoms with Gasteiger partial charge in [-0.05, 0) is 43.5 Å². The molecule has 17 heavy (non-hydrogen) atoms. The van der Waals surface area contributed by atoms with Crippen molar-refractivity contribution in [1.29, 1.82) is 0 Å². The topological polar surface area (TPSA) is 29.1 Å². The molecule has 2 nitrogen and oxygen atoms in total. The molecule has 0 radical (unpaired) electrons. The van der Waals surface area contributed by atoms with Gasteiger partial charge in [-0.15, -0.1) is 0 Å². The summed E-state index contributed by atoms with van der Waals surface area (Å²) in [5.74, 6) is 0.00763. The maximum absolute atomic E-state index is 11.8. The zero-order valence-electron chi connectivity index (χ0n) is 9.93. The largest absolute Gasteiger partial charge is 0.352 e. The van der Waals surface area contributed by atoms with Crippen LogP contribution in [-0.2, 0) is 0 Å². The van der Waals surface area contributed by atoms with Crippen molar-refractivity contribution >= 4 is 37.8 Å². The zero-order chi connectivity index (χ0) is 12.7. The SMILES string of the molecule is Cc1cc(Br)cc(C(=O)NCCCCCBr)c1. The van der Waals surface area contributed by atoms with E-state index in [9.17, 15) is 4.79 Å². The molecule has 0 saturated heterocycles. The van der Waals surface area contributed by atoms with Gasteiger partial charge in [-0.2, -0.15) is 0 Å². The smallest absolute Gasteiger partial charge is 0.251 e. The lowest BCUT2D eigenvalue weighted by molar-refractivity contribution is 0.0953. The summed E-state index contributed by atoms with van der Waals surface area (Å²) in [4.78, 5) is 11.8. The number of hydrogen-bond acceptors (Lipinski definition) is 1. The Morgan fingerprint density at radius 1 is 1.24 bits per heavy atom. The molecular weight excluding hydrogens is 346 g/mol. The summed E-state index contributed by atoms with van der Waals surface area (Å²) in [6.45, 7) is 2.73. The number of aryl methyl sites for hydroxylation is 1. The van der Waals surface area contributed by atoms with E-state index in [0.29, 0.717) is 0 Å². The molecule has 0 spiro atoms. The number of amides is 1. The molecule has 1 aromatic carbocycles. The first-order valence-electron chi connectivity index (χ1n) is 5.75. The number of carbonyl (C=O) groups excluding carboxylic acids is 1. The molecular formula is C13H17Br2NO. The summed E-state index contributed by atoms with van der Waals surface area (Å²) in [6.07, 6.45) is 3.33. The number of unbranched alkanes of at least 4 members (excludes halogenated alkanes) is 2. The summed E-state index contributed by atoms with van der Waals surface area (Å²) < 4.78 is 0.946. The fraction of sp³-hybridized carbons (Fsp3) is 0.462. The average molecular weight is 363 g/mol. The molecule has 0 aromatic heterocycles. The highest BCUT2D eigenvalue weighted by atomic mass is 79.9. The zero-order valence-corrected chi connectivity index (χ0v) is 13.1. The minimum atomic E-state index is 0.00763. The number of nitrogens with one attached hydrogen (secondary N) is 1. The second-order valence-electron chi connectivity index (χ2n) is 4.02. The van der Waals surface area contributed by atoms with E-state index in [1.807, 2.05) is 25.1 Å². The fourth-order valence-electron chi connectivity index (χ4n) is 1.57. The van der Waals surface area contributed by atoms with Crippen LogP contribution < -0.4 is 5.32 Å². The molecule has 0 aliphatic rings. The van der Waals surface area contributed by atoms with Gasteiger partial charge in [-0.1, -0.05) is 38.3 Å². The van der Waals surface area contributed by atoms with Gasteiger partial charge in [0.05, 0.1) is 0 Å². The molecule has 0 bridgehead atoms. The highest BCUT2D eigenvalue weighted by molar-refractivity contribution is 9.10. The quantitative estimate of drug-likeness (QED) is 0.600. The summed E-state index contributed by atoms with van der Waals surface area (Å²) in [5, 5.41) is 3.97. The van der Waals surface area contributed by atoms with Crippen LogP contribution in [0.1, 0.15) is 35.2 Å². The molecule has 4 heteroatoms. The van der Waals surface area contributed by atoms with Crippen LogP contribution in [0.25, 0.3) is 0 Å². The van der Waals surface area contributed by atoms with E-state index < -0.39 is 0 Å². The highest BCUT2D eigenvalue weighted by Gasteiger charge is 2.05. The summed E-state index contributed by atoms with van der Waals surface area (Å²) in [6, 6.07) is 5.74. The van der Waals surface area contributed by atoms with Crippen LogP contribution in [0.4, 0.5) is 0 Å². The molecule has 1 N–H and O–H groups in total. The van der Waals surface area contributed by atoms with Gasteiger partial charge in [-0.25, -0.2) is 0 Å². The van der Waals surface area contributed by atoms with E-state index in [0.717, 1.165) is 46.7 Å². The third-order valence-electron chi connectivity index (χ3n) is 2.40. The van der Waals surface area contributed by atoms with Gasteiger partial charge in [0.2, 0.25) is 0 Å². The monoisotopic (exact) mass is 361 g/mol. The molecule has 0 atom stereocenters. The first kappa shape index (κ1) is 14.7. The Morgan fingerprint density at radius 2 is 2.00 bits per heavy atom. The Morgan fingerprint density at radius 3 is 2.65 bits per heavy atom. The molecule has 94 valence electrons. The van der Waals surface area contributed by atoms with Crippen molar-refractivity contribution in [1.82, 2.24) is 5.32 Å². The van der Waals surface area contributed by atoms with Gasteiger partial charge in [0.1, 0.15) is 0 Å². The van der Waals surface area contributed by atoms with Crippen LogP contribution >= 0.6 is 31.9 Å². The Kier molecular flexibility index (Phi) is 6.82. The third kappa shape index (κ3) is 5.68. The van der Waals surface area contributed by atoms with E-state index >= 15 is 0 Å². The molecule has 1 amide bonds. The minimum absolute atomic E-state index is 0.00763. The van der Waals surface area contributed by atoms with E-state index in [2.05, 4.69) is 37.2 Å². The Balaban J connectivity index is 2.41. The molecule has 0 heterocycles. The number of hydrogen-bond donors (Lipinski definition) is 1. The van der Waals surface area contributed by atoms with Crippen molar-refractivity contribution in [3.8, 4) is 0 Å². The van der Waals surface area contributed by atoms with E-state index in [-0.39, 0.29) is 5.91 Å². The Bertz CT molecular complexity index is 359. The fourth-order valence-corrected chi connectivity index (χ4v) is 2.57. The van der Waals surface area contributed by atoms with Crippen molar-refractivity contribution < 1.29 is 4.79 Å². The van der Waals surface area contributed by atoms with Gasteiger partial charge < -0.3 is 5.32 Å². The van der Waals surface area contributed by atoms with E-state index in [1.54, 1.807) is 0 Å². The van der Waals surface area contributed by atoms with Crippen molar-refractivity contribution in [2.75, 3.05) is 11.9 Å². The maximum Gasteiger partial charge on any atom is 0.251 e. The maximum atomic E-state index is 11.8. The van der Waals surface area contributed by atoms with Crippen LogP contribution in [-0.4, -0.2) is 17.8 Å². The molecule has 1 rings (SSSR count). The molecule has 0 fully saturated rings. The van der Waals surface area contributed by atoms with Gasteiger partial charge in [0, 0.05) is 21.9 Å². The van der Waals surface area contributed by atoms with E-state index in [4.69, 9.17) is 0 Å². The van der Waals surface area contributed by atoms with Crippen LogP contribution in [0.2, 0.25) is 0 Å². The molecule has 1 aromatic rings.